The molecular formula is C35H50N2O7. The van der Waals surface area contributed by atoms with Gasteiger partial charge < -0.3 is 35.4 Å². The smallest absolute Gasteiger partial charge is 0.226 e. The molecule has 5 N–H and O–H groups in total. The van der Waals surface area contributed by atoms with Crippen LogP contribution in [0.1, 0.15) is 76.0 Å². The molecule has 0 saturated heterocycles. The van der Waals surface area contributed by atoms with Crippen LogP contribution in [0.2, 0.25) is 0 Å². The topological polar surface area (TPSA) is 137 Å². The first-order valence-electron chi connectivity index (χ1n) is 16.2. The number of nitrogens with one attached hydrogen (secondary N) is 2. The van der Waals surface area contributed by atoms with Gasteiger partial charge in [-0.2, -0.15) is 0 Å². The molecule has 44 heavy (non-hydrogen) atoms. The zero-order chi connectivity index (χ0) is 31.5. The number of hydrogen-bond donors (Lipinski definition) is 5. The van der Waals surface area contributed by atoms with E-state index in [1.165, 1.54) is 6.42 Å². The van der Waals surface area contributed by atoms with Crippen LogP contribution >= 0.6 is 0 Å². The van der Waals surface area contributed by atoms with E-state index in [4.69, 9.17) is 9.47 Å². The Morgan fingerprint density at radius 1 is 0.909 bits per heavy atom. The molecule has 1 unspecified atom stereocenters. The molecule has 0 aromatic heterocycles. The number of hydrogen-bond acceptors (Lipinski definition) is 7. The summed E-state index contributed by atoms with van der Waals surface area (Å²) in [6.07, 6.45) is 2.93. The van der Waals surface area contributed by atoms with E-state index in [1.807, 2.05) is 68.4 Å². The van der Waals surface area contributed by atoms with Crippen LogP contribution in [0.4, 0.5) is 0 Å². The zero-order valence-corrected chi connectivity index (χ0v) is 26.1. The minimum Gasteiger partial charge on any atom is -0.491 e. The third-order valence-corrected chi connectivity index (χ3v) is 9.02. The van der Waals surface area contributed by atoms with E-state index >= 15 is 0 Å². The Hall–Kier alpha value is -2.98. The second-order valence-electron chi connectivity index (χ2n) is 12.6. The molecule has 2 amide bonds. The Bertz CT molecular complexity index is 1170. The second kappa shape index (κ2) is 16.9. The maximum Gasteiger partial charge on any atom is 0.226 e. The van der Waals surface area contributed by atoms with E-state index in [-0.39, 0.29) is 24.9 Å². The summed E-state index contributed by atoms with van der Waals surface area (Å²) in [7, 11) is 0. The zero-order valence-electron chi connectivity index (χ0n) is 26.1. The number of carbonyl (C=O) groups is 2. The van der Waals surface area contributed by atoms with Gasteiger partial charge in [0.1, 0.15) is 18.5 Å². The summed E-state index contributed by atoms with van der Waals surface area (Å²) < 4.78 is 11.2. The van der Waals surface area contributed by atoms with Gasteiger partial charge in [0, 0.05) is 12.8 Å². The molecule has 2 aliphatic carbocycles. The fraction of sp³-hybridized carbons (Fsp3) is 0.600. The molecule has 0 radical (unpaired) electrons. The van der Waals surface area contributed by atoms with Gasteiger partial charge >= 0.3 is 0 Å². The molecule has 1 fully saturated rings. The van der Waals surface area contributed by atoms with Gasteiger partial charge in [0.05, 0.1) is 43.4 Å². The number of para-hydroxylation sites is 1. The average molecular weight is 611 g/mol. The van der Waals surface area contributed by atoms with Crippen molar-refractivity contribution in [2.24, 2.45) is 17.8 Å². The van der Waals surface area contributed by atoms with Crippen molar-refractivity contribution in [3.8, 4) is 5.75 Å². The Morgan fingerprint density at radius 2 is 1.61 bits per heavy atom. The van der Waals surface area contributed by atoms with Crippen molar-refractivity contribution in [2.75, 3.05) is 19.8 Å². The SMILES string of the molecule is CC(C)[C@@H](C(=O)N[C@H]1c2ccccc2CC1O)[C@@H](O)[C@H](O)[C@H](CC1CCCCC1)NC(=O)CCOCCOc1ccccc1. The third-order valence-electron chi connectivity index (χ3n) is 9.02. The van der Waals surface area contributed by atoms with Crippen molar-refractivity contribution in [3.63, 3.8) is 0 Å². The van der Waals surface area contributed by atoms with Gasteiger partial charge in [0.25, 0.3) is 0 Å². The van der Waals surface area contributed by atoms with Gasteiger partial charge in [-0.1, -0.05) is 88.4 Å². The highest BCUT2D eigenvalue weighted by atomic mass is 16.5. The van der Waals surface area contributed by atoms with Gasteiger partial charge in [-0.05, 0) is 41.5 Å². The summed E-state index contributed by atoms with van der Waals surface area (Å²) in [6.45, 7) is 4.55. The lowest BCUT2D eigenvalue weighted by molar-refractivity contribution is -0.138. The minimum absolute atomic E-state index is 0.0996. The number of benzene rings is 2. The number of ether oxygens (including phenoxy) is 2. The summed E-state index contributed by atoms with van der Waals surface area (Å²) in [6, 6.07) is 15.7. The Balaban J connectivity index is 1.34. The van der Waals surface area contributed by atoms with Crippen LogP contribution in [-0.4, -0.2) is 71.3 Å². The second-order valence-corrected chi connectivity index (χ2v) is 12.6. The molecule has 4 rings (SSSR count). The largest absolute Gasteiger partial charge is 0.491 e. The summed E-state index contributed by atoms with van der Waals surface area (Å²) in [4.78, 5) is 26.6. The number of aliphatic hydroxyl groups is 3. The van der Waals surface area contributed by atoms with Gasteiger partial charge in [-0.15, -0.1) is 0 Å². The maximum absolute atomic E-state index is 13.6. The first-order valence-corrected chi connectivity index (χ1v) is 16.2. The molecule has 0 aliphatic heterocycles. The van der Waals surface area contributed by atoms with Crippen molar-refractivity contribution in [2.45, 2.75) is 95.6 Å². The molecule has 2 aliphatic rings. The Labute approximate surface area is 261 Å². The number of fused-ring (bicyclic) bond motifs is 1. The first-order chi connectivity index (χ1) is 21.2. The van der Waals surface area contributed by atoms with Crippen molar-refractivity contribution in [3.05, 3.63) is 65.7 Å². The fourth-order valence-corrected chi connectivity index (χ4v) is 6.65. The van der Waals surface area contributed by atoms with Gasteiger partial charge in [-0.3, -0.25) is 9.59 Å². The molecule has 2 aromatic carbocycles. The van der Waals surface area contributed by atoms with Crippen LogP contribution in [0.15, 0.2) is 54.6 Å². The molecule has 0 spiro atoms. The van der Waals surface area contributed by atoms with E-state index in [0.29, 0.717) is 32.0 Å². The van der Waals surface area contributed by atoms with Crippen molar-refractivity contribution >= 4 is 11.8 Å². The van der Waals surface area contributed by atoms with Crippen LogP contribution in [-0.2, 0) is 20.7 Å². The lowest BCUT2D eigenvalue weighted by atomic mass is 9.79. The summed E-state index contributed by atoms with van der Waals surface area (Å²) in [5, 5.41) is 39.6. The third kappa shape index (κ3) is 9.51. The Kier molecular flexibility index (Phi) is 13.0. The molecule has 0 heterocycles. The van der Waals surface area contributed by atoms with Gasteiger partial charge in [-0.25, -0.2) is 0 Å². The molecular weight excluding hydrogens is 560 g/mol. The molecule has 1 saturated carbocycles. The van der Waals surface area contributed by atoms with Crippen LogP contribution in [0, 0.1) is 17.8 Å². The van der Waals surface area contributed by atoms with Crippen molar-refractivity contribution in [1.29, 1.82) is 0 Å². The average Bonchev–Trinajstić information content (AvgIpc) is 3.33. The van der Waals surface area contributed by atoms with E-state index in [1.54, 1.807) is 0 Å². The van der Waals surface area contributed by atoms with E-state index < -0.39 is 42.2 Å². The predicted molar refractivity (Wildman–Crippen MR) is 168 cm³/mol. The lowest BCUT2D eigenvalue weighted by Gasteiger charge is -2.36. The summed E-state index contributed by atoms with van der Waals surface area (Å²) >= 11 is 0. The van der Waals surface area contributed by atoms with Crippen LogP contribution in [0.5, 0.6) is 5.75 Å². The van der Waals surface area contributed by atoms with E-state index in [9.17, 15) is 24.9 Å². The molecule has 0 bridgehead atoms. The van der Waals surface area contributed by atoms with Crippen LogP contribution in [0.25, 0.3) is 0 Å². The highest BCUT2D eigenvalue weighted by molar-refractivity contribution is 5.80. The quantitative estimate of drug-likeness (QED) is 0.183. The number of carbonyl (C=O) groups excluding carboxylic acids is 2. The number of amides is 2. The van der Waals surface area contributed by atoms with Crippen molar-refractivity contribution in [1.82, 2.24) is 10.6 Å². The normalized spacial score (nSPS) is 21.2. The lowest BCUT2D eigenvalue weighted by Crippen LogP contribution is -2.55. The molecule has 6 atom stereocenters. The standard InChI is InChI=1S/C35H50N2O7/c1-23(2)31(35(42)37-32-27-16-10-9-13-25(27)22-29(32)38)34(41)33(40)28(21-24-11-5-3-6-12-24)36-30(39)17-18-43-19-20-44-26-14-7-4-8-15-26/h4,7-10,13-16,23-24,28-29,31-34,38,40-41H,3,5-6,11-12,17-22H2,1-2H3,(H,36,39)(H,37,42)/t28-,29?,31+,32-,33+,34+/m0/s1. The number of rotatable bonds is 16. The van der Waals surface area contributed by atoms with E-state index in [2.05, 4.69) is 10.6 Å². The number of aliphatic hydroxyl groups excluding tert-OH is 3. The molecule has 242 valence electrons. The van der Waals surface area contributed by atoms with Crippen molar-refractivity contribution < 1.29 is 34.4 Å². The highest BCUT2D eigenvalue weighted by Crippen LogP contribution is 2.33. The molecule has 2 aromatic rings. The van der Waals surface area contributed by atoms with Gasteiger partial charge in [0.2, 0.25) is 11.8 Å². The first kappa shape index (κ1) is 33.9. The monoisotopic (exact) mass is 610 g/mol. The van der Waals surface area contributed by atoms with Crippen LogP contribution < -0.4 is 15.4 Å². The minimum atomic E-state index is -1.41. The molecule has 9 nitrogen and oxygen atoms in total. The Morgan fingerprint density at radius 3 is 2.34 bits per heavy atom. The van der Waals surface area contributed by atoms with Gasteiger partial charge in [0.15, 0.2) is 0 Å². The summed E-state index contributed by atoms with van der Waals surface area (Å²) in [5.41, 5.74) is 1.84. The van der Waals surface area contributed by atoms with Crippen LogP contribution in [0.3, 0.4) is 0 Å². The fourth-order valence-electron chi connectivity index (χ4n) is 6.65. The predicted octanol–water partition coefficient (Wildman–Crippen LogP) is 3.70. The highest BCUT2D eigenvalue weighted by Gasteiger charge is 2.41. The maximum atomic E-state index is 13.6. The van der Waals surface area contributed by atoms with E-state index in [0.717, 1.165) is 42.6 Å². The summed E-state index contributed by atoms with van der Waals surface area (Å²) in [5.74, 6) is -0.878. The molecule has 9 heteroatoms.